The summed E-state index contributed by atoms with van der Waals surface area (Å²) in [6.45, 7) is 8.64. The van der Waals surface area contributed by atoms with Crippen LogP contribution in [0.25, 0.3) is 11.5 Å². The number of ether oxygens (including phenoxy) is 1. The second-order valence-corrected chi connectivity index (χ2v) is 9.40. The molecule has 0 fully saturated rings. The molecule has 0 saturated carbocycles. The minimum Gasteiger partial charge on any atom is -0.507 e. The number of rotatable bonds is 9. The second kappa shape index (κ2) is 9.89. The third-order valence-electron chi connectivity index (χ3n) is 5.41. The van der Waals surface area contributed by atoms with Gasteiger partial charge in [0.1, 0.15) is 17.3 Å². The van der Waals surface area contributed by atoms with Crippen LogP contribution in [0.1, 0.15) is 67.4 Å². The van der Waals surface area contributed by atoms with E-state index in [-0.39, 0.29) is 29.8 Å². The van der Waals surface area contributed by atoms with Gasteiger partial charge in [0.15, 0.2) is 11.4 Å². The molecular weight excluding hydrogens is 458 g/mol. The van der Waals surface area contributed by atoms with Crippen LogP contribution in [-0.2, 0) is 11.2 Å². The average molecular weight is 486 g/mol. The topological polar surface area (TPSA) is 110 Å². The number of hydrogen-bond acceptors (Lipinski definition) is 6. The molecule has 0 atom stereocenters. The second-order valence-electron chi connectivity index (χ2n) is 8.97. The van der Waals surface area contributed by atoms with E-state index in [1.165, 1.54) is 19.9 Å². The molecule has 0 aliphatic rings. The summed E-state index contributed by atoms with van der Waals surface area (Å²) in [7, 11) is 0. The van der Waals surface area contributed by atoms with Crippen LogP contribution in [0.2, 0.25) is 5.02 Å². The first-order valence-electron chi connectivity index (χ1n) is 10.9. The number of nitrogens with zero attached hydrogens (tertiary/aromatic N) is 1. The summed E-state index contributed by atoms with van der Waals surface area (Å²) in [5.74, 6) is 0.196. The number of Topliss-reactive ketones (excluding diaryl/α,β-unsaturated/α-hetero) is 1. The van der Waals surface area contributed by atoms with Crippen LogP contribution in [0.3, 0.4) is 0 Å². The number of ketones is 1. The molecule has 0 bridgehead atoms. The standard InChI is InChI=1S/C26H28ClNO6/c1-14(2)23-19(28-24(33-23)18-8-7-17(27)13-21(18)30)9-10-20(29)16-6-11-22(15(3)12-16)34-26(4,5)25(31)32/h6-8,11-14,30H,9-10H2,1-5H3,(H,31,32). The molecule has 3 rings (SSSR count). The molecule has 2 aromatic carbocycles. The number of oxazole rings is 1. The SMILES string of the molecule is Cc1cc(C(=O)CCc2nc(-c3ccc(Cl)cc3O)oc2C(C)C)ccc1OC(C)(C)C(=O)O. The fraction of sp³-hybridized carbons (Fsp3) is 0.346. The van der Waals surface area contributed by atoms with E-state index in [4.69, 9.17) is 20.8 Å². The molecule has 0 saturated heterocycles. The summed E-state index contributed by atoms with van der Waals surface area (Å²) in [4.78, 5) is 28.7. The lowest BCUT2D eigenvalue weighted by molar-refractivity contribution is -0.152. The number of hydrogen-bond donors (Lipinski definition) is 2. The molecule has 3 aromatic rings. The van der Waals surface area contributed by atoms with Crippen molar-refractivity contribution in [1.29, 1.82) is 0 Å². The Morgan fingerprint density at radius 2 is 1.88 bits per heavy atom. The maximum absolute atomic E-state index is 12.9. The van der Waals surface area contributed by atoms with Gasteiger partial charge in [0.25, 0.3) is 0 Å². The van der Waals surface area contributed by atoms with Crippen LogP contribution in [0.4, 0.5) is 0 Å². The zero-order valence-electron chi connectivity index (χ0n) is 19.8. The first-order chi connectivity index (χ1) is 15.9. The number of aromatic nitrogens is 1. The van der Waals surface area contributed by atoms with E-state index in [1.807, 2.05) is 13.8 Å². The highest BCUT2D eigenvalue weighted by Gasteiger charge is 2.30. The molecule has 34 heavy (non-hydrogen) atoms. The van der Waals surface area contributed by atoms with E-state index in [9.17, 15) is 19.8 Å². The third kappa shape index (κ3) is 5.59. The van der Waals surface area contributed by atoms with Crippen LogP contribution in [0.15, 0.2) is 40.8 Å². The monoisotopic (exact) mass is 485 g/mol. The third-order valence-corrected chi connectivity index (χ3v) is 5.64. The molecule has 1 aromatic heterocycles. The first-order valence-corrected chi connectivity index (χ1v) is 11.3. The highest BCUT2D eigenvalue weighted by Crippen LogP contribution is 2.34. The first kappa shape index (κ1) is 25.3. The molecule has 8 heteroatoms. The lowest BCUT2D eigenvalue weighted by Gasteiger charge is -2.22. The van der Waals surface area contributed by atoms with Gasteiger partial charge >= 0.3 is 5.97 Å². The molecule has 0 aliphatic carbocycles. The fourth-order valence-electron chi connectivity index (χ4n) is 3.43. The Hall–Kier alpha value is -3.32. The Balaban J connectivity index is 1.77. The van der Waals surface area contributed by atoms with Gasteiger partial charge in [-0.25, -0.2) is 9.78 Å². The van der Waals surface area contributed by atoms with Crippen molar-refractivity contribution in [2.45, 2.75) is 59.0 Å². The van der Waals surface area contributed by atoms with Crippen LogP contribution in [0, 0.1) is 6.92 Å². The summed E-state index contributed by atoms with van der Waals surface area (Å²) in [5, 5.41) is 19.9. The Kier molecular flexibility index (Phi) is 7.36. The van der Waals surface area contributed by atoms with Crippen molar-refractivity contribution < 1.29 is 29.0 Å². The van der Waals surface area contributed by atoms with Crippen molar-refractivity contribution >= 4 is 23.4 Å². The number of carbonyl (C=O) groups is 2. The molecule has 0 unspecified atom stereocenters. The van der Waals surface area contributed by atoms with Gasteiger partial charge in [-0.05, 0) is 62.7 Å². The Morgan fingerprint density at radius 1 is 1.18 bits per heavy atom. The number of carboxylic acids is 1. The van der Waals surface area contributed by atoms with E-state index < -0.39 is 11.6 Å². The quantitative estimate of drug-likeness (QED) is 0.347. The van der Waals surface area contributed by atoms with Crippen molar-refractivity contribution in [3.05, 3.63) is 64.0 Å². The van der Waals surface area contributed by atoms with Crippen molar-refractivity contribution in [2.24, 2.45) is 0 Å². The minimum atomic E-state index is -1.38. The zero-order chi connectivity index (χ0) is 25.2. The van der Waals surface area contributed by atoms with Crippen molar-refractivity contribution in [1.82, 2.24) is 4.98 Å². The Morgan fingerprint density at radius 3 is 2.47 bits per heavy atom. The van der Waals surface area contributed by atoms with E-state index in [0.29, 0.717) is 45.3 Å². The zero-order valence-corrected chi connectivity index (χ0v) is 20.6. The van der Waals surface area contributed by atoms with Gasteiger partial charge in [-0.1, -0.05) is 25.4 Å². The number of aryl methyl sites for hydroxylation is 2. The lowest BCUT2D eigenvalue weighted by atomic mass is 10.0. The smallest absolute Gasteiger partial charge is 0.347 e. The highest BCUT2D eigenvalue weighted by molar-refractivity contribution is 6.30. The Labute approximate surface area is 203 Å². The summed E-state index contributed by atoms with van der Waals surface area (Å²) in [6, 6.07) is 9.65. The van der Waals surface area contributed by atoms with Crippen LogP contribution in [0.5, 0.6) is 11.5 Å². The predicted molar refractivity (Wildman–Crippen MR) is 129 cm³/mol. The van der Waals surface area contributed by atoms with E-state index in [0.717, 1.165) is 0 Å². The maximum Gasteiger partial charge on any atom is 0.347 e. The average Bonchev–Trinajstić information content (AvgIpc) is 3.17. The number of carbonyl (C=O) groups excluding carboxylic acids is 1. The largest absolute Gasteiger partial charge is 0.507 e. The molecule has 1 heterocycles. The summed E-state index contributed by atoms with van der Waals surface area (Å²) < 4.78 is 11.5. The number of phenols is 1. The normalized spacial score (nSPS) is 11.6. The van der Waals surface area contributed by atoms with Crippen LogP contribution < -0.4 is 4.74 Å². The van der Waals surface area contributed by atoms with Gasteiger partial charge in [0.2, 0.25) is 5.89 Å². The molecule has 0 radical (unpaired) electrons. The van der Waals surface area contributed by atoms with E-state index in [2.05, 4.69) is 4.98 Å². The lowest BCUT2D eigenvalue weighted by Crippen LogP contribution is -2.38. The number of halogens is 1. The molecule has 0 amide bonds. The summed E-state index contributed by atoms with van der Waals surface area (Å²) in [6.07, 6.45) is 0.575. The molecular formula is C26H28ClNO6. The molecule has 2 N–H and O–H groups in total. The predicted octanol–water partition coefficient (Wildman–Crippen LogP) is 6.19. The Bertz CT molecular complexity index is 1230. The fourth-order valence-corrected chi connectivity index (χ4v) is 3.59. The van der Waals surface area contributed by atoms with Gasteiger partial charge in [0, 0.05) is 29.3 Å². The molecule has 0 aliphatic heterocycles. The minimum absolute atomic E-state index is 0.0319. The number of aliphatic carboxylic acids is 1. The van der Waals surface area contributed by atoms with Crippen molar-refractivity contribution in [2.75, 3.05) is 0 Å². The summed E-state index contributed by atoms with van der Waals surface area (Å²) in [5.41, 5.74) is 0.882. The van der Waals surface area contributed by atoms with Crippen molar-refractivity contribution in [3.63, 3.8) is 0 Å². The van der Waals surface area contributed by atoms with E-state index >= 15 is 0 Å². The number of benzene rings is 2. The van der Waals surface area contributed by atoms with Crippen LogP contribution >= 0.6 is 11.6 Å². The highest BCUT2D eigenvalue weighted by atomic mass is 35.5. The molecule has 0 spiro atoms. The number of phenolic OH excluding ortho intramolecular Hbond substituents is 1. The van der Waals surface area contributed by atoms with E-state index in [1.54, 1.807) is 37.3 Å². The van der Waals surface area contributed by atoms with Gasteiger partial charge in [-0.3, -0.25) is 4.79 Å². The van der Waals surface area contributed by atoms with Crippen LogP contribution in [-0.4, -0.2) is 32.6 Å². The van der Waals surface area contributed by atoms with Gasteiger partial charge in [-0.2, -0.15) is 0 Å². The molecule has 7 nitrogen and oxygen atoms in total. The number of carboxylic acid groups (broad SMARTS) is 1. The van der Waals surface area contributed by atoms with Crippen molar-refractivity contribution in [3.8, 4) is 23.0 Å². The van der Waals surface area contributed by atoms with Gasteiger partial charge in [0.05, 0.1) is 11.3 Å². The number of aromatic hydroxyl groups is 1. The maximum atomic E-state index is 12.9. The molecule has 180 valence electrons. The van der Waals surface area contributed by atoms with Gasteiger partial charge in [-0.15, -0.1) is 0 Å². The van der Waals surface area contributed by atoms with Gasteiger partial charge < -0.3 is 19.4 Å². The summed E-state index contributed by atoms with van der Waals surface area (Å²) >= 11 is 5.92.